The van der Waals surface area contributed by atoms with Gasteiger partial charge in [-0.2, -0.15) is 13.2 Å². The predicted molar refractivity (Wildman–Crippen MR) is 92.9 cm³/mol. The van der Waals surface area contributed by atoms with Crippen LogP contribution < -0.4 is 5.73 Å². The first-order valence-electron chi connectivity index (χ1n) is 7.97. The second-order valence-electron chi connectivity index (χ2n) is 6.51. The monoisotopic (exact) mass is 362 g/mol. The standard InChI is InChI=1S/C18H26F4N2O/c1-6-8-17(4,5)11-24-15(10-16(23)18(20,21)22)13(7-2)9-14(19)12(3)25/h7,9-10H,6,8,11,23H2,1-5H3/b13-7+,14-9+,16-10-,24-15?. The van der Waals surface area contributed by atoms with Crippen molar-refractivity contribution in [1.82, 2.24) is 0 Å². The van der Waals surface area contributed by atoms with Crippen LogP contribution in [0.25, 0.3) is 0 Å². The summed E-state index contributed by atoms with van der Waals surface area (Å²) in [6.07, 6.45) is -0.0794. The van der Waals surface area contributed by atoms with Crippen LogP contribution in [0.5, 0.6) is 0 Å². The number of carbonyl (C=O) groups excluding carboxylic acids is 1. The van der Waals surface area contributed by atoms with Crippen LogP contribution in [0.1, 0.15) is 47.5 Å². The van der Waals surface area contributed by atoms with Gasteiger partial charge in [0.25, 0.3) is 0 Å². The summed E-state index contributed by atoms with van der Waals surface area (Å²) >= 11 is 0. The van der Waals surface area contributed by atoms with Crippen molar-refractivity contribution in [1.29, 1.82) is 0 Å². The van der Waals surface area contributed by atoms with E-state index in [1.54, 1.807) is 0 Å². The lowest BCUT2D eigenvalue weighted by Crippen LogP contribution is -2.22. The summed E-state index contributed by atoms with van der Waals surface area (Å²) in [5.41, 5.74) is 3.46. The van der Waals surface area contributed by atoms with E-state index in [1.165, 1.54) is 13.0 Å². The zero-order valence-electron chi connectivity index (χ0n) is 15.3. The molecule has 7 heteroatoms. The number of aliphatic imine (C=N–C) groups is 1. The fraction of sp³-hybridized carbons (Fsp3) is 0.556. The summed E-state index contributed by atoms with van der Waals surface area (Å²) in [5.74, 6) is -1.88. The summed E-state index contributed by atoms with van der Waals surface area (Å²) in [4.78, 5) is 15.3. The lowest BCUT2D eigenvalue weighted by Gasteiger charge is -2.22. The molecule has 0 spiro atoms. The molecular weight excluding hydrogens is 336 g/mol. The molecule has 3 nitrogen and oxygen atoms in total. The van der Waals surface area contributed by atoms with Crippen LogP contribution in [-0.4, -0.2) is 24.2 Å². The van der Waals surface area contributed by atoms with E-state index in [-0.39, 0.29) is 23.2 Å². The van der Waals surface area contributed by atoms with Crippen molar-refractivity contribution >= 4 is 11.5 Å². The fourth-order valence-corrected chi connectivity index (χ4v) is 2.05. The van der Waals surface area contributed by atoms with Gasteiger partial charge in [0, 0.05) is 13.5 Å². The summed E-state index contributed by atoms with van der Waals surface area (Å²) in [7, 11) is 0. The van der Waals surface area contributed by atoms with Crippen molar-refractivity contribution in [3.05, 3.63) is 35.3 Å². The molecule has 0 aliphatic carbocycles. The summed E-state index contributed by atoms with van der Waals surface area (Å²) in [5, 5.41) is 0. The Morgan fingerprint density at radius 1 is 1.20 bits per heavy atom. The van der Waals surface area contributed by atoms with Gasteiger partial charge in [-0.25, -0.2) is 4.39 Å². The van der Waals surface area contributed by atoms with Crippen molar-refractivity contribution in [3.63, 3.8) is 0 Å². The molecule has 0 rings (SSSR count). The third-order valence-electron chi connectivity index (χ3n) is 3.45. The molecule has 0 aliphatic heterocycles. The number of nitrogens with two attached hydrogens (primary N) is 1. The Labute approximate surface area is 146 Å². The Kier molecular flexibility index (Phi) is 8.80. The zero-order valence-corrected chi connectivity index (χ0v) is 15.3. The highest BCUT2D eigenvalue weighted by Gasteiger charge is 2.32. The second-order valence-corrected chi connectivity index (χ2v) is 6.51. The number of nitrogens with zero attached hydrogens (tertiary/aromatic N) is 1. The van der Waals surface area contributed by atoms with Gasteiger partial charge in [-0.05, 0) is 36.5 Å². The fourth-order valence-electron chi connectivity index (χ4n) is 2.05. The molecule has 0 bridgehead atoms. The highest BCUT2D eigenvalue weighted by molar-refractivity contribution is 6.11. The minimum atomic E-state index is -4.72. The largest absolute Gasteiger partial charge is 0.430 e. The quantitative estimate of drug-likeness (QED) is 0.284. The maximum absolute atomic E-state index is 13.6. The molecule has 0 saturated heterocycles. The van der Waals surface area contributed by atoms with Gasteiger partial charge in [-0.15, -0.1) is 0 Å². The van der Waals surface area contributed by atoms with Crippen LogP contribution in [-0.2, 0) is 4.79 Å². The first-order valence-corrected chi connectivity index (χ1v) is 7.97. The average Bonchev–Trinajstić information content (AvgIpc) is 2.47. The Bertz CT molecular complexity index is 597. The van der Waals surface area contributed by atoms with Gasteiger partial charge in [0.15, 0.2) is 11.6 Å². The number of carbonyl (C=O) groups is 1. The summed E-state index contributed by atoms with van der Waals surface area (Å²) in [6, 6.07) is 0. The van der Waals surface area contributed by atoms with Gasteiger partial charge >= 0.3 is 6.18 Å². The number of halogens is 4. The number of hydrogen-bond donors (Lipinski definition) is 1. The van der Waals surface area contributed by atoms with E-state index in [9.17, 15) is 22.4 Å². The van der Waals surface area contributed by atoms with E-state index in [2.05, 4.69) is 4.99 Å². The minimum absolute atomic E-state index is 0.0622. The van der Waals surface area contributed by atoms with Gasteiger partial charge in [0.2, 0.25) is 0 Å². The number of allylic oxidation sites excluding steroid dienone is 6. The molecule has 0 aliphatic rings. The Hall–Kier alpha value is -1.92. The summed E-state index contributed by atoms with van der Waals surface area (Å²) in [6.45, 7) is 8.66. The van der Waals surface area contributed by atoms with Gasteiger partial charge in [0.05, 0.1) is 5.71 Å². The van der Waals surface area contributed by atoms with Crippen LogP contribution in [0.4, 0.5) is 17.6 Å². The average molecular weight is 362 g/mol. The second kappa shape index (κ2) is 9.53. The third kappa shape index (κ3) is 8.65. The Morgan fingerprint density at radius 2 is 1.76 bits per heavy atom. The molecule has 25 heavy (non-hydrogen) atoms. The lowest BCUT2D eigenvalue weighted by molar-refractivity contribution is -0.114. The van der Waals surface area contributed by atoms with Gasteiger partial charge in [-0.3, -0.25) is 9.79 Å². The molecule has 0 unspecified atom stereocenters. The molecule has 142 valence electrons. The van der Waals surface area contributed by atoms with Crippen molar-refractivity contribution in [2.24, 2.45) is 16.1 Å². The minimum Gasteiger partial charge on any atom is -0.395 e. The molecule has 0 saturated carbocycles. The number of Topliss-reactive ketones (excluding diaryl/α,β-unsaturated/α-hetero) is 1. The number of hydrogen-bond acceptors (Lipinski definition) is 3. The topological polar surface area (TPSA) is 55.5 Å². The predicted octanol–water partition coefficient (Wildman–Crippen LogP) is 5.05. The van der Waals surface area contributed by atoms with Crippen LogP contribution in [0.3, 0.4) is 0 Å². The van der Waals surface area contributed by atoms with Crippen LogP contribution in [0, 0.1) is 5.41 Å². The van der Waals surface area contributed by atoms with Gasteiger partial charge < -0.3 is 5.73 Å². The molecule has 0 amide bonds. The van der Waals surface area contributed by atoms with Gasteiger partial charge in [0.1, 0.15) is 5.70 Å². The third-order valence-corrected chi connectivity index (χ3v) is 3.45. The van der Waals surface area contributed by atoms with Crippen LogP contribution in [0.15, 0.2) is 40.3 Å². The van der Waals surface area contributed by atoms with E-state index < -0.39 is 23.5 Å². The van der Waals surface area contributed by atoms with E-state index in [4.69, 9.17) is 5.73 Å². The maximum atomic E-state index is 13.6. The Balaban J connectivity index is 5.99. The molecule has 0 fully saturated rings. The van der Waals surface area contributed by atoms with Gasteiger partial charge in [-0.1, -0.05) is 33.3 Å². The molecule has 0 aromatic heterocycles. The first-order chi connectivity index (χ1) is 11.3. The molecule has 0 atom stereocenters. The zero-order chi connectivity index (χ0) is 19.8. The number of rotatable bonds is 8. The van der Waals surface area contributed by atoms with E-state index >= 15 is 0 Å². The number of ketones is 1. The number of alkyl halides is 3. The normalized spacial score (nSPS) is 15.6. The van der Waals surface area contributed by atoms with E-state index in [1.807, 2.05) is 20.8 Å². The summed E-state index contributed by atoms with van der Waals surface area (Å²) < 4.78 is 51.9. The van der Waals surface area contributed by atoms with Crippen molar-refractivity contribution in [3.8, 4) is 0 Å². The molecular formula is C18H26F4N2O. The highest BCUT2D eigenvalue weighted by atomic mass is 19.4. The van der Waals surface area contributed by atoms with Crippen LogP contribution >= 0.6 is 0 Å². The highest BCUT2D eigenvalue weighted by Crippen LogP contribution is 2.25. The van der Waals surface area contributed by atoms with E-state index in [0.717, 1.165) is 25.8 Å². The molecule has 0 aromatic carbocycles. The molecule has 2 N–H and O–H groups in total. The van der Waals surface area contributed by atoms with Crippen LogP contribution in [0.2, 0.25) is 0 Å². The molecule has 0 radical (unpaired) electrons. The first kappa shape index (κ1) is 23.1. The Morgan fingerprint density at radius 3 is 2.16 bits per heavy atom. The van der Waals surface area contributed by atoms with E-state index in [0.29, 0.717) is 6.08 Å². The smallest absolute Gasteiger partial charge is 0.395 e. The van der Waals surface area contributed by atoms with Crippen molar-refractivity contribution in [2.45, 2.75) is 53.6 Å². The van der Waals surface area contributed by atoms with Crippen molar-refractivity contribution in [2.75, 3.05) is 6.54 Å². The lowest BCUT2D eigenvalue weighted by atomic mass is 9.88. The van der Waals surface area contributed by atoms with Crippen molar-refractivity contribution < 1.29 is 22.4 Å². The SMILES string of the molecule is C/C=C(\C=C(\F)C(C)=O)C(/C=C(\N)C(F)(F)F)=NCC(C)(C)CCC. The molecule has 0 aromatic rings. The molecule has 0 heterocycles. The maximum Gasteiger partial charge on any atom is 0.430 e.